The molecule has 2 fully saturated rings. The highest BCUT2D eigenvalue weighted by molar-refractivity contribution is 4.88. The molecule has 2 heteroatoms. The molecule has 2 aliphatic rings. The number of hydrogen-bond acceptors (Lipinski definition) is 2. The van der Waals surface area contributed by atoms with E-state index in [1.165, 1.54) is 38.6 Å². The standard InChI is InChI=1S/C14H28N2/c1-11-10-16(12(2)9-15-11)13(3)14-7-5-4-6-8-14/h11-15H,4-10H2,1-3H3. The summed E-state index contributed by atoms with van der Waals surface area (Å²) in [7, 11) is 0. The fourth-order valence-electron chi connectivity index (χ4n) is 3.50. The van der Waals surface area contributed by atoms with Crippen LogP contribution >= 0.6 is 0 Å². The lowest BCUT2D eigenvalue weighted by Gasteiger charge is -2.45. The molecule has 0 aromatic rings. The molecule has 1 saturated carbocycles. The van der Waals surface area contributed by atoms with Gasteiger partial charge in [-0.15, -0.1) is 0 Å². The third kappa shape index (κ3) is 2.78. The molecule has 1 saturated heterocycles. The summed E-state index contributed by atoms with van der Waals surface area (Å²) in [6.07, 6.45) is 7.32. The first kappa shape index (κ1) is 12.4. The van der Waals surface area contributed by atoms with Crippen LogP contribution in [0.15, 0.2) is 0 Å². The van der Waals surface area contributed by atoms with Crippen molar-refractivity contribution in [3.63, 3.8) is 0 Å². The van der Waals surface area contributed by atoms with Crippen molar-refractivity contribution in [2.45, 2.75) is 71.0 Å². The third-order valence-electron chi connectivity index (χ3n) is 4.67. The second-order valence-electron chi connectivity index (χ2n) is 5.99. The zero-order valence-electron chi connectivity index (χ0n) is 11.2. The fourth-order valence-corrected chi connectivity index (χ4v) is 3.50. The van der Waals surface area contributed by atoms with Crippen molar-refractivity contribution in [1.29, 1.82) is 0 Å². The highest BCUT2D eigenvalue weighted by atomic mass is 15.2. The second kappa shape index (κ2) is 5.50. The summed E-state index contributed by atoms with van der Waals surface area (Å²) in [5, 5.41) is 3.58. The van der Waals surface area contributed by atoms with Gasteiger partial charge >= 0.3 is 0 Å². The predicted molar refractivity (Wildman–Crippen MR) is 69.7 cm³/mol. The summed E-state index contributed by atoms with van der Waals surface area (Å²) in [4.78, 5) is 2.75. The third-order valence-corrected chi connectivity index (χ3v) is 4.67. The van der Waals surface area contributed by atoms with Crippen molar-refractivity contribution in [1.82, 2.24) is 10.2 Å². The fraction of sp³-hybridized carbons (Fsp3) is 1.00. The Morgan fingerprint density at radius 2 is 1.81 bits per heavy atom. The van der Waals surface area contributed by atoms with Crippen LogP contribution in [0.2, 0.25) is 0 Å². The van der Waals surface area contributed by atoms with Crippen LogP contribution in [0, 0.1) is 5.92 Å². The SMILES string of the molecule is CC1CN(C(C)C2CCCCC2)C(C)CN1. The van der Waals surface area contributed by atoms with Crippen molar-refractivity contribution in [2.24, 2.45) is 5.92 Å². The van der Waals surface area contributed by atoms with E-state index in [9.17, 15) is 0 Å². The molecule has 94 valence electrons. The normalized spacial score (nSPS) is 36.2. The summed E-state index contributed by atoms with van der Waals surface area (Å²) in [6.45, 7) is 9.55. The van der Waals surface area contributed by atoms with Crippen LogP contribution in [-0.4, -0.2) is 36.1 Å². The second-order valence-corrected chi connectivity index (χ2v) is 5.99. The molecule has 0 aromatic carbocycles. The molecule has 0 spiro atoms. The molecule has 0 bridgehead atoms. The van der Waals surface area contributed by atoms with Crippen LogP contribution < -0.4 is 5.32 Å². The Bertz CT molecular complexity index is 211. The van der Waals surface area contributed by atoms with E-state index < -0.39 is 0 Å². The van der Waals surface area contributed by atoms with Gasteiger partial charge in [0.25, 0.3) is 0 Å². The first-order chi connectivity index (χ1) is 7.68. The minimum atomic E-state index is 0.669. The lowest BCUT2D eigenvalue weighted by atomic mass is 9.83. The number of nitrogens with one attached hydrogen (secondary N) is 1. The zero-order valence-corrected chi connectivity index (χ0v) is 11.2. The molecular formula is C14H28N2. The molecule has 0 radical (unpaired) electrons. The molecule has 3 atom stereocenters. The Kier molecular flexibility index (Phi) is 4.26. The summed E-state index contributed by atoms with van der Waals surface area (Å²) in [5.74, 6) is 0.960. The van der Waals surface area contributed by atoms with Gasteiger partial charge in [-0.2, -0.15) is 0 Å². The molecule has 1 aliphatic heterocycles. The van der Waals surface area contributed by atoms with Gasteiger partial charge in [-0.1, -0.05) is 19.3 Å². The van der Waals surface area contributed by atoms with E-state index in [1.807, 2.05) is 0 Å². The zero-order chi connectivity index (χ0) is 11.5. The van der Waals surface area contributed by atoms with Crippen LogP contribution in [-0.2, 0) is 0 Å². The minimum Gasteiger partial charge on any atom is -0.311 e. The van der Waals surface area contributed by atoms with Gasteiger partial charge in [0.05, 0.1) is 0 Å². The van der Waals surface area contributed by atoms with E-state index in [-0.39, 0.29) is 0 Å². The highest BCUT2D eigenvalue weighted by Gasteiger charge is 2.31. The van der Waals surface area contributed by atoms with Gasteiger partial charge in [-0.3, -0.25) is 4.90 Å². The molecule has 2 nitrogen and oxygen atoms in total. The largest absolute Gasteiger partial charge is 0.311 e. The quantitative estimate of drug-likeness (QED) is 0.776. The van der Waals surface area contributed by atoms with Gasteiger partial charge in [-0.05, 0) is 39.5 Å². The van der Waals surface area contributed by atoms with E-state index in [2.05, 4.69) is 31.0 Å². The molecule has 16 heavy (non-hydrogen) atoms. The van der Waals surface area contributed by atoms with E-state index in [0.717, 1.165) is 18.5 Å². The molecule has 1 heterocycles. The predicted octanol–water partition coefficient (Wildman–Crippen LogP) is 2.64. The summed E-state index contributed by atoms with van der Waals surface area (Å²) < 4.78 is 0. The monoisotopic (exact) mass is 224 g/mol. The van der Waals surface area contributed by atoms with Crippen molar-refractivity contribution in [3.8, 4) is 0 Å². The van der Waals surface area contributed by atoms with Gasteiger partial charge in [0.15, 0.2) is 0 Å². The lowest BCUT2D eigenvalue weighted by Crippen LogP contribution is -2.58. The van der Waals surface area contributed by atoms with Crippen molar-refractivity contribution < 1.29 is 0 Å². The maximum absolute atomic E-state index is 3.58. The molecular weight excluding hydrogens is 196 g/mol. The minimum absolute atomic E-state index is 0.669. The van der Waals surface area contributed by atoms with Gasteiger partial charge in [0.2, 0.25) is 0 Å². The van der Waals surface area contributed by atoms with Gasteiger partial charge < -0.3 is 5.32 Å². The number of piperazine rings is 1. The van der Waals surface area contributed by atoms with Crippen LogP contribution in [0.4, 0.5) is 0 Å². The average Bonchev–Trinajstić information content (AvgIpc) is 2.32. The highest BCUT2D eigenvalue weighted by Crippen LogP contribution is 2.30. The van der Waals surface area contributed by atoms with E-state index >= 15 is 0 Å². The summed E-state index contributed by atoms with van der Waals surface area (Å²) >= 11 is 0. The molecule has 0 amide bonds. The Morgan fingerprint density at radius 1 is 1.12 bits per heavy atom. The van der Waals surface area contributed by atoms with E-state index in [4.69, 9.17) is 0 Å². The van der Waals surface area contributed by atoms with Gasteiger partial charge in [0.1, 0.15) is 0 Å². The van der Waals surface area contributed by atoms with Crippen LogP contribution in [0.3, 0.4) is 0 Å². The average molecular weight is 224 g/mol. The Hall–Kier alpha value is -0.0800. The molecule has 2 rings (SSSR count). The molecule has 1 N–H and O–H groups in total. The first-order valence-electron chi connectivity index (χ1n) is 7.17. The van der Waals surface area contributed by atoms with E-state index in [1.54, 1.807) is 0 Å². The Morgan fingerprint density at radius 3 is 2.50 bits per heavy atom. The Labute approximate surface area is 101 Å². The lowest BCUT2D eigenvalue weighted by molar-refractivity contribution is 0.0595. The van der Waals surface area contributed by atoms with Gasteiger partial charge in [-0.25, -0.2) is 0 Å². The Balaban J connectivity index is 1.93. The molecule has 3 unspecified atom stereocenters. The maximum atomic E-state index is 3.58. The number of rotatable bonds is 2. The number of nitrogens with zero attached hydrogens (tertiary/aromatic N) is 1. The topological polar surface area (TPSA) is 15.3 Å². The maximum Gasteiger partial charge on any atom is 0.0196 e. The summed E-state index contributed by atoms with van der Waals surface area (Å²) in [5.41, 5.74) is 0. The molecule has 1 aliphatic carbocycles. The van der Waals surface area contributed by atoms with Crippen molar-refractivity contribution >= 4 is 0 Å². The smallest absolute Gasteiger partial charge is 0.0196 e. The molecule has 0 aromatic heterocycles. The van der Waals surface area contributed by atoms with Crippen LogP contribution in [0.5, 0.6) is 0 Å². The first-order valence-corrected chi connectivity index (χ1v) is 7.17. The van der Waals surface area contributed by atoms with Crippen molar-refractivity contribution in [2.75, 3.05) is 13.1 Å². The number of hydrogen-bond donors (Lipinski definition) is 1. The van der Waals surface area contributed by atoms with Crippen molar-refractivity contribution in [3.05, 3.63) is 0 Å². The van der Waals surface area contributed by atoms with Crippen LogP contribution in [0.25, 0.3) is 0 Å². The van der Waals surface area contributed by atoms with Gasteiger partial charge in [0, 0.05) is 31.2 Å². The summed E-state index contributed by atoms with van der Waals surface area (Å²) in [6, 6.07) is 2.18. The van der Waals surface area contributed by atoms with Crippen LogP contribution in [0.1, 0.15) is 52.9 Å². The van der Waals surface area contributed by atoms with E-state index in [0.29, 0.717) is 12.1 Å².